The molecule has 0 radical (unpaired) electrons. The lowest BCUT2D eigenvalue weighted by Crippen LogP contribution is -2.29. The fraction of sp³-hybridized carbons (Fsp3) is 0.615. The van der Waals surface area contributed by atoms with Crippen LogP contribution in [0.25, 0.3) is 0 Å². The van der Waals surface area contributed by atoms with Crippen LogP contribution in [0.3, 0.4) is 0 Å². The zero-order valence-electron chi connectivity index (χ0n) is 9.56. The second kappa shape index (κ2) is 4.01. The number of rotatable bonds is 2. The highest BCUT2D eigenvalue weighted by molar-refractivity contribution is 6.29. The van der Waals surface area contributed by atoms with Crippen molar-refractivity contribution in [1.82, 2.24) is 9.88 Å². The van der Waals surface area contributed by atoms with Gasteiger partial charge in [0.25, 0.3) is 0 Å². The summed E-state index contributed by atoms with van der Waals surface area (Å²) >= 11 is 5.83. The maximum absolute atomic E-state index is 5.83. The molecule has 2 fully saturated rings. The molecule has 3 heterocycles. The van der Waals surface area contributed by atoms with Gasteiger partial charge < -0.3 is 0 Å². The Morgan fingerprint density at radius 2 is 2.31 bits per heavy atom. The van der Waals surface area contributed by atoms with Crippen LogP contribution in [0, 0.1) is 0 Å². The van der Waals surface area contributed by atoms with Crippen molar-refractivity contribution < 1.29 is 0 Å². The van der Waals surface area contributed by atoms with Crippen molar-refractivity contribution in [2.24, 2.45) is 0 Å². The molecule has 0 unspecified atom stereocenters. The highest BCUT2D eigenvalue weighted by Crippen LogP contribution is 2.46. The summed E-state index contributed by atoms with van der Waals surface area (Å²) in [5, 5.41) is 0.597. The van der Waals surface area contributed by atoms with Crippen molar-refractivity contribution in [3.8, 4) is 0 Å². The van der Waals surface area contributed by atoms with Crippen LogP contribution in [0.4, 0.5) is 0 Å². The van der Waals surface area contributed by atoms with Gasteiger partial charge in [-0.3, -0.25) is 4.90 Å². The van der Waals surface area contributed by atoms with Gasteiger partial charge in [0.2, 0.25) is 0 Å². The largest absolute Gasteiger partial charge is 0.297 e. The first-order valence-corrected chi connectivity index (χ1v) is 6.54. The van der Waals surface area contributed by atoms with Gasteiger partial charge in [0, 0.05) is 24.2 Å². The number of hydrogen-bond donors (Lipinski definition) is 0. The molecule has 86 valence electrons. The average molecular weight is 237 g/mol. The molecule has 0 aromatic carbocycles. The normalized spacial score (nSPS) is 33.5. The summed E-state index contributed by atoms with van der Waals surface area (Å²) in [5.41, 5.74) is 1.37. The van der Waals surface area contributed by atoms with Crippen LogP contribution < -0.4 is 0 Å². The van der Waals surface area contributed by atoms with Crippen LogP contribution in [0.5, 0.6) is 0 Å². The highest BCUT2D eigenvalue weighted by atomic mass is 35.5. The molecule has 1 aromatic heterocycles. The second-order valence-corrected chi connectivity index (χ2v) is 5.27. The average Bonchev–Trinajstić information content (AvgIpc) is 2.86. The van der Waals surface area contributed by atoms with Crippen molar-refractivity contribution >= 4 is 11.6 Å². The van der Waals surface area contributed by atoms with E-state index in [2.05, 4.69) is 22.9 Å². The number of fused-ring (bicyclic) bond motifs is 2. The van der Waals surface area contributed by atoms with E-state index in [1.807, 2.05) is 12.3 Å². The van der Waals surface area contributed by atoms with E-state index >= 15 is 0 Å². The smallest absolute Gasteiger partial charge is 0.129 e. The predicted octanol–water partition coefficient (Wildman–Crippen LogP) is 3.08. The van der Waals surface area contributed by atoms with Gasteiger partial charge in [-0.25, -0.2) is 4.98 Å². The molecule has 2 saturated heterocycles. The molecular formula is C13H17ClN2. The highest BCUT2D eigenvalue weighted by Gasteiger charge is 2.45. The summed E-state index contributed by atoms with van der Waals surface area (Å²) < 4.78 is 0. The molecule has 0 N–H and O–H groups in total. The number of pyridine rings is 1. The van der Waals surface area contributed by atoms with E-state index in [9.17, 15) is 0 Å². The number of halogens is 1. The molecule has 0 amide bonds. The first-order valence-electron chi connectivity index (χ1n) is 6.16. The summed E-state index contributed by atoms with van der Waals surface area (Å²) in [5.74, 6) is 0.684. The SMILES string of the molecule is CCN1[C@@H]2CC[C@H]1[C@H](c1ccc(Cl)nc1)C2. The lowest BCUT2D eigenvalue weighted by molar-refractivity contribution is 0.262. The first kappa shape index (κ1) is 10.5. The van der Waals surface area contributed by atoms with E-state index < -0.39 is 0 Å². The number of likely N-dealkylation sites (N-methyl/N-ethyl adjacent to an activating group) is 1. The molecule has 16 heavy (non-hydrogen) atoms. The Hall–Kier alpha value is -0.600. The fourth-order valence-corrected chi connectivity index (χ4v) is 3.67. The summed E-state index contributed by atoms with van der Waals surface area (Å²) in [6.45, 7) is 3.46. The molecule has 2 aliphatic heterocycles. The summed E-state index contributed by atoms with van der Waals surface area (Å²) in [4.78, 5) is 6.87. The Morgan fingerprint density at radius 3 is 2.94 bits per heavy atom. The van der Waals surface area contributed by atoms with Crippen molar-refractivity contribution in [3.63, 3.8) is 0 Å². The molecule has 3 atom stereocenters. The van der Waals surface area contributed by atoms with Crippen LogP contribution in [0.2, 0.25) is 5.15 Å². The van der Waals surface area contributed by atoms with Crippen molar-refractivity contribution in [2.45, 2.75) is 44.2 Å². The van der Waals surface area contributed by atoms with Gasteiger partial charge in [0.1, 0.15) is 5.15 Å². The van der Waals surface area contributed by atoms with Gasteiger partial charge in [-0.2, -0.15) is 0 Å². The van der Waals surface area contributed by atoms with Gasteiger partial charge in [0.05, 0.1) is 0 Å². The van der Waals surface area contributed by atoms with Gasteiger partial charge in [-0.1, -0.05) is 24.6 Å². The third kappa shape index (κ3) is 1.56. The van der Waals surface area contributed by atoms with Gasteiger partial charge in [-0.05, 0) is 37.4 Å². The molecular weight excluding hydrogens is 220 g/mol. The molecule has 2 aliphatic rings. The Bertz CT molecular complexity index is 376. The number of aromatic nitrogens is 1. The van der Waals surface area contributed by atoms with Crippen LogP contribution in [-0.2, 0) is 0 Å². The summed E-state index contributed by atoms with van der Waals surface area (Å²) in [7, 11) is 0. The Labute approximate surface area is 102 Å². The van der Waals surface area contributed by atoms with Crippen molar-refractivity contribution in [2.75, 3.05) is 6.54 Å². The molecule has 2 bridgehead atoms. The zero-order chi connectivity index (χ0) is 11.1. The lowest BCUT2D eigenvalue weighted by Gasteiger charge is -2.23. The minimum atomic E-state index is 0.597. The van der Waals surface area contributed by atoms with Gasteiger partial charge >= 0.3 is 0 Å². The molecule has 1 aromatic rings. The van der Waals surface area contributed by atoms with E-state index in [0.717, 1.165) is 12.1 Å². The maximum atomic E-state index is 5.83. The number of hydrogen-bond acceptors (Lipinski definition) is 2. The molecule has 3 heteroatoms. The van der Waals surface area contributed by atoms with E-state index in [1.54, 1.807) is 0 Å². The third-order valence-corrected chi connectivity index (χ3v) is 4.45. The fourth-order valence-electron chi connectivity index (χ4n) is 3.56. The lowest BCUT2D eigenvalue weighted by atomic mass is 9.85. The van der Waals surface area contributed by atoms with Crippen molar-refractivity contribution in [3.05, 3.63) is 29.0 Å². The van der Waals surface area contributed by atoms with E-state index in [4.69, 9.17) is 11.6 Å². The van der Waals surface area contributed by atoms with Crippen LogP contribution in [-0.4, -0.2) is 28.5 Å². The molecule has 0 saturated carbocycles. The monoisotopic (exact) mass is 236 g/mol. The van der Waals surface area contributed by atoms with E-state index in [1.165, 1.54) is 31.4 Å². The Morgan fingerprint density at radius 1 is 1.44 bits per heavy atom. The predicted molar refractivity (Wildman–Crippen MR) is 65.8 cm³/mol. The molecule has 0 spiro atoms. The Kier molecular flexibility index (Phi) is 2.64. The minimum absolute atomic E-state index is 0.597. The summed E-state index contributed by atoms with van der Waals surface area (Å²) in [6, 6.07) is 5.63. The minimum Gasteiger partial charge on any atom is -0.297 e. The molecule has 3 rings (SSSR count). The second-order valence-electron chi connectivity index (χ2n) is 4.89. The topological polar surface area (TPSA) is 16.1 Å². The first-order chi connectivity index (χ1) is 7.79. The molecule has 0 aliphatic carbocycles. The Balaban J connectivity index is 1.85. The standard InChI is InChI=1S/C13H17ClN2/c1-2-16-10-4-5-12(16)11(7-10)9-3-6-13(14)15-8-9/h3,6,8,10-12H,2,4-5,7H2,1H3/t10-,11+,12+/m1/s1. The summed E-state index contributed by atoms with van der Waals surface area (Å²) in [6.07, 6.45) is 6.01. The number of nitrogens with zero attached hydrogens (tertiary/aromatic N) is 2. The van der Waals surface area contributed by atoms with Crippen LogP contribution in [0.15, 0.2) is 18.3 Å². The zero-order valence-corrected chi connectivity index (χ0v) is 10.3. The van der Waals surface area contributed by atoms with Gasteiger partial charge in [-0.15, -0.1) is 0 Å². The van der Waals surface area contributed by atoms with Crippen LogP contribution in [0.1, 0.15) is 37.7 Å². The van der Waals surface area contributed by atoms with E-state index in [-0.39, 0.29) is 0 Å². The van der Waals surface area contributed by atoms with Crippen LogP contribution >= 0.6 is 11.6 Å². The molecule has 2 nitrogen and oxygen atoms in total. The van der Waals surface area contributed by atoms with E-state index in [0.29, 0.717) is 11.1 Å². The maximum Gasteiger partial charge on any atom is 0.129 e. The van der Waals surface area contributed by atoms with Gasteiger partial charge in [0.15, 0.2) is 0 Å². The quantitative estimate of drug-likeness (QED) is 0.734. The third-order valence-electron chi connectivity index (χ3n) is 4.22. The van der Waals surface area contributed by atoms with Crippen molar-refractivity contribution in [1.29, 1.82) is 0 Å².